The maximum atomic E-state index is 12.7. The van der Waals surface area contributed by atoms with Gasteiger partial charge < -0.3 is 19.5 Å². The van der Waals surface area contributed by atoms with Crippen LogP contribution in [0.4, 0.5) is 0 Å². The number of aromatic amines is 1. The summed E-state index contributed by atoms with van der Waals surface area (Å²) in [4.78, 5) is 20.7. The van der Waals surface area contributed by atoms with Crippen LogP contribution in [0, 0.1) is 0 Å². The van der Waals surface area contributed by atoms with Crippen LogP contribution < -0.4 is 10.1 Å². The lowest BCUT2D eigenvalue weighted by Gasteiger charge is -2.32. The van der Waals surface area contributed by atoms with Gasteiger partial charge in [-0.15, -0.1) is 0 Å². The molecular formula is C26H36N4O3. The summed E-state index contributed by atoms with van der Waals surface area (Å²) < 4.78 is 11.1. The maximum Gasteiger partial charge on any atom is 0.234 e. The van der Waals surface area contributed by atoms with Gasteiger partial charge in [0.25, 0.3) is 0 Å². The Labute approximate surface area is 196 Å². The molecule has 0 bridgehead atoms. The number of fused-ring (bicyclic) bond motifs is 1. The van der Waals surface area contributed by atoms with Crippen molar-refractivity contribution in [3.8, 4) is 5.75 Å². The van der Waals surface area contributed by atoms with Crippen molar-refractivity contribution in [2.24, 2.45) is 0 Å². The van der Waals surface area contributed by atoms with Crippen molar-refractivity contribution in [3.63, 3.8) is 0 Å². The van der Waals surface area contributed by atoms with Gasteiger partial charge in [0.05, 0.1) is 26.0 Å². The summed E-state index contributed by atoms with van der Waals surface area (Å²) in [5.41, 5.74) is 2.50. The second kappa shape index (κ2) is 10.9. The Hall–Kier alpha value is -2.77. The summed E-state index contributed by atoms with van der Waals surface area (Å²) in [6.07, 6.45) is 5.93. The van der Waals surface area contributed by atoms with E-state index in [9.17, 15) is 4.79 Å². The molecule has 7 nitrogen and oxygen atoms in total. The molecule has 1 unspecified atom stereocenters. The van der Waals surface area contributed by atoms with E-state index >= 15 is 0 Å². The summed E-state index contributed by atoms with van der Waals surface area (Å²) in [7, 11) is 1.70. The number of nitrogens with one attached hydrogen (secondary N) is 2. The molecule has 1 saturated heterocycles. The number of likely N-dealkylation sites (tertiary alicyclic amines) is 1. The Morgan fingerprint density at radius 3 is 2.73 bits per heavy atom. The number of carbonyl (C=O) groups is 1. The zero-order chi connectivity index (χ0) is 23.2. The van der Waals surface area contributed by atoms with Crippen LogP contribution in [0.1, 0.15) is 50.0 Å². The van der Waals surface area contributed by atoms with Gasteiger partial charge in [0.1, 0.15) is 11.5 Å². The number of hydrogen-bond acceptors (Lipinski definition) is 5. The molecule has 0 spiro atoms. The SMILES string of the molecule is CCN(CC)C(CNC(=O)CN1CCC(c2c[nH]c3ccc(OC)cc23)CC1)c1ccco1. The van der Waals surface area contributed by atoms with Crippen molar-refractivity contribution in [3.05, 3.63) is 54.1 Å². The Morgan fingerprint density at radius 1 is 1.27 bits per heavy atom. The molecule has 7 heteroatoms. The lowest BCUT2D eigenvalue weighted by Crippen LogP contribution is -2.44. The van der Waals surface area contributed by atoms with E-state index in [4.69, 9.17) is 9.15 Å². The minimum Gasteiger partial charge on any atom is -0.497 e. The van der Waals surface area contributed by atoms with Gasteiger partial charge in [-0.2, -0.15) is 0 Å². The lowest BCUT2D eigenvalue weighted by molar-refractivity contribution is -0.122. The van der Waals surface area contributed by atoms with Gasteiger partial charge in [-0.1, -0.05) is 13.8 Å². The number of furan rings is 1. The van der Waals surface area contributed by atoms with E-state index in [0.717, 1.165) is 56.0 Å². The van der Waals surface area contributed by atoms with Gasteiger partial charge in [0.2, 0.25) is 5.91 Å². The van der Waals surface area contributed by atoms with Crippen LogP contribution in [0.3, 0.4) is 0 Å². The average molecular weight is 453 g/mol. The predicted molar refractivity (Wildman–Crippen MR) is 131 cm³/mol. The van der Waals surface area contributed by atoms with Crippen LogP contribution in [0.15, 0.2) is 47.2 Å². The fourth-order valence-corrected chi connectivity index (χ4v) is 5.01. The first kappa shape index (κ1) is 23.4. The topological polar surface area (TPSA) is 73.7 Å². The highest BCUT2D eigenvalue weighted by atomic mass is 16.5. The number of H-pyrrole nitrogens is 1. The van der Waals surface area contributed by atoms with Crippen LogP contribution in [0.2, 0.25) is 0 Å². The van der Waals surface area contributed by atoms with Crippen molar-refractivity contribution in [2.45, 2.75) is 38.6 Å². The smallest absolute Gasteiger partial charge is 0.234 e. The molecule has 1 fully saturated rings. The summed E-state index contributed by atoms with van der Waals surface area (Å²) in [6, 6.07) is 10.1. The Morgan fingerprint density at radius 2 is 2.06 bits per heavy atom. The van der Waals surface area contributed by atoms with Gasteiger partial charge in [0, 0.05) is 23.6 Å². The van der Waals surface area contributed by atoms with Gasteiger partial charge in [-0.25, -0.2) is 0 Å². The normalized spacial score (nSPS) is 16.4. The molecular weight excluding hydrogens is 416 g/mol. The van der Waals surface area contributed by atoms with Crippen molar-refractivity contribution in [1.29, 1.82) is 0 Å². The molecule has 1 aromatic carbocycles. The van der Waals surface area contributed by atoms with Crippen LogP contribution in [-0.2, 0) is 4.79 Å². The summed E-state index contributed by atoms with van der Waals surface area (Å²) in [5.74, 6) is 2.36. The molecule has 0 aliphatic carbocycles. The Bertz CT molecular complexity index is 1020. The fraction of sp³-hybridized carbons (Fsp3) is 0.500. The quantitative estimate of drug-likeness (QED) is 0.483. The van der Waals surface area contributed by atoms with Gasteiger partial charge in [-0.05, 0) is 80.8 Å². The zero-order valence-electron chi connectivity index (χ0n) is 20.0. The Balaban J connectivity index is 1.29. The number of likely N-dealkylation sites (N-methyl/N-ethyl adjacent to an activating group) is 1. The number of methoxy groups -OCH3 is 1. The standard InChI is InChI=1S/C26H36N4O3/c1-4-30(5-2)24(25-7-6-14-33-25)17-28-26(31)18-29-12-10-19(11-13-29)22-16-27-23-9-8-20(32-3)15-21(22)23/h6-9,14-16,19,24,27H,4-5,10-13,17-18H2,1-3H3,(H,28,31). The summed E-state index contributed by atoms with van der Waals surface area (Å²) in [5, 5.41) is 4.38. The zero-order valence-corrected chi connectivity index (χ0v) is 20.0. The van der Waals surface area contributed by atoms with Crippen LogP contribution in [-0.4, -0.2) is 67.1 Å². The van der Waals surface area contributed by atoms with Crippen molar-refractivity contribution < 1.29 is 13.9 Å². The summed E-state index contributed by atoms with van der Waals surface area (Å²) >= 11 is 0. The number of hydrogen-bond donors (Lipinski definition) is 2. The number of aromatic nitrogens is 1. The van der Waals surface area contributed by atoms with Crippen molar-refractivity contribution in [2.75, 3.05) is 46.4 Å². The average Bonchev–Trinajstić information content (AvgIpc) is 3.52. The van der Waals surface area contributed by atoms with E-state index in [1.807, 2.05) is 18.2 Å². The van der Waals surface area contributed by atoms with Crippen LogP contribution >= 0.6 is 0 Å². The van der Waals surface area contributed by atoms with E-state index in [1.54, 1.807) is 13.4 Å². The largest absolute Gasteiger partial charge is 0.497 e. The van der Waals surface area contributed by atoms with Gasteiger partial charge in [-0.3, -0.25) is 14.6 Å². The lowest BCUT2D eigenvalue weighted by atomic mass is 9.89. The minimum atomic E-state index is 0.0588. The number of benzene rings is 1. The number of rotatable bonds is 10. The molecule has 3 aromatic rings. The highest BCUT2D eigenvalue weighted by molar-refractivity contribution is 5.85. The third kappa shape index (κ3) is 5.42. The molecule has 2 aromatic heterocycles. The van der Waals surface area contributed by atoms with Crippen LogP contribution in [0.5, 0.6) is 5.75 Å². The molecule has 178 valence electrons. The first-order chi connectivity index (χ1) is 16.1. The van der Waals surface area contributed by atoms with E-state index < -0.39 is 0 Å². The van der Waals surface area contributed by atoms with Gasteiger partial charge >= 0.3 is 0 Å². The second-order valence-corrected chi connectivity index (χ2v) is 8.76. The first-order valence-electron chi connectivity index (χ1n) is 12.0. The first-order valence-corrected chi connectivity index (χ1v) is 12.0. The van der Waals surface area contributed by atoms with Gasteiger partial charge in [0.15, 0.2) is 0 Å². The van der Waals surface area contributed by atoms with E-state index in [2.05, 4.69) is 52.3 Å². The molecule has 1 amide bonds. The molecule has 1 aliphatic heterocycles. The number of nitrogens with zero attached hydrogens (tertiary/aromatic N) is 2. The third-order valence-corrected chi connectivity index (χ3v) is 6.93. The number of amides is 1. The highest BCUT2D eigenvalue weighted by Crippen LogP contribution is 2.34. The molecule has 0 radical (unpaired) electrons. The van der Waals surface area contributed by atoms with Crippen LogP contribution in [0.25, 0.3) is 10.9 Å². The monoisotopic (exact) mass is 452 g/mol. The second-order valence-electron chi connectivity index (χ2n) is 8.76. The van der Waals surface area contributed by atoms with E-state index in [1.165, 1.54) is 10.9 Å². The number of carbonyl (C=O) groups excluding carboxylic acids is 1. The summed E-state index contributed by atoms with van der Waals surface area (Å²) in [6.45, 7) is 8.93. The van der Waals surface area contributed by atoms with E-state index in [0.29, 0.717) is 19.0 Å². The maximum absolute atomic E-state index is 12.7. The molecule has 3 heterocycles. The molecule has 33 heavy (non-hydrogen) atoms. The molecule has 0 saturated carbocycles. The molecule has 2 N–H and O–H groups in total. The number of ether oxygens (including phenoxy) is 1. The minimum absolute atomic E-state index is 0.0588. The Kier molecular flexibility index (Phi) is 7.73. The van der Waals surface area contributed by atoms with E-state index in [-0.39, 0.29) is 11.9 Å². The molecule has 1 atom stereocenters. The highest BCUT2D eigenvalue weighted by Gasteiger charge is 2.25. The molecule has 4 rings (SSSR count). The fourth-order valence-electron chi connectivity index (χ4n) is 5.01. The van der Waals surface area contributed by atoms with Crippen molar-refractivity contribution in [1.82, 2.24) is 20.1 Å². The third-order valence-electron chi connectivity index (χ3n) is 6.93. The van der Waals surface area contributed by atoms with Crippen molar-refractivity contribution >= 4 is 16.8 Å². The predicted octanol–water partition coefficient (Wildman–Crippen LogP) is 4.15. The molecule has 1 aliphatic rings. The number of piperidine rings is 1.